The first-order valence-electron chi connectivity index (χ1n) is 5.21. The van der Waals surface area contributed by atoms with E-state index in [1.807, 2.05) is 26.8 Å². The quantitative estimate of drug-likeness (QED) is 0.821. The van der Waals surface area contributed by atoms with Gasteiger partial charge in [0.25, 0.3) is 0 Å². The lowest BCUT2D eigenvalue weighted by atomic mass is 9.92. The highest BCUT2D eigenvalue weighted by Gasteiger charge is 2.69. The van der Waals surface area contributed by atoms with Gasteiger partial charge in [0, 0.05) is 12.7 Å². The van der Waals surface area contributed by atoms with Crippen LogP contribution < -0.4 is 0 Å². The number of aliphatic carboxylic acids is 1. The summed E-state index contributed by atoms with van der Waals surface area (Å²) in [6.45, 7) is 6.68. The van der Waals surface area contributed by atoms with Gasteiger partial charge in [0.15, 0.2) is 0 Å². The average Bonchev–Trinajstić information content (AvgIpc) is 2.60. The van der Waals surface area contributed by atoms with Crippen molar-refractivity contribution in [1.29, 1.82) is 0 Å². The van der Waals surface area contributed by atoms with Crippen molar-refractivity contribution in [3.05, 3.63) is 18.0 Å². The second-order valence-electron chi connectivity index (χ2n) is 4.80. The van der Waals surface area contributed by atoms with Crippen LogP contribution in [0, 0.1) is 5.41 Å². The molecule has 0 saturated heterocycles. The second kappa shape index (κ2) is 2.84. The number of hydrogen-bond donors (Lipinski definition) is 1. The van der Waals surface area contributed by atoms with Crippen LogP contribution in [0.2, 0.25) is 0 Å². The molecule has 1 atom stereocenters. The van der Waals surface area contributed by atoms with Crippen LogP contribution in [0.3, 0.4) is 0 Å². The Morgan fingerprint density at radius 3 is 2.67 bits per heavy atom. The fourth-order valence-corrected chi connectivity index (χ4v) is 2.48. The summed E-state index contributed by atoms with van der Waals surface area (Å²) in [6, 6.07) is 1.83. The Hall–Kier alpha value is -1.32. The zero-order valence-corrected chi connectivity index (χ0v) is 9.32. The third-order valence-corrected chi connectivity index (χ3v) is 3.56. The fraction of sp³-hybridized carbons (Fsp3) is 0.636. The number of rotatable bonds is 3. The first-order chi connectivity index (χ1) is 6.95. The van der Waals surface area contributed by atoms with E-state index < -0.39 is 11.4 Å². The van der Waals surface area contributed by atoms with Crippen LogP contribution in [0.5, 0.6) is 0 Å². The van der Waals surface area contributed by atoms with Crippen LogP contribution in [0.1, 0.15) is 32.9 Å². The Labute approximate surface area is 88.9 Å². The predicted molar refractivity (Wildman–Crippen MR) is 55.6 cm³/mol. The number of aryl methyl sites for hydroxylation is 1. The molecule has 0 aliphatic heterocycles. The monoisotopic (exact) mass is 208 g/mol. The molecule has 1 unspecified atom stereocenters. The number of carboxylic acids is 1. The number of carboxylic acid groups (broad SMARTS) is 1. The van der Waals surface area contributed by atoms with E-state index in [-0.39, 0.29) is 5.41 Å². The molecule has 4 heteroatoms. The Bertz CT molecular complexity index is 408. The summed E-state index contributed by atoms with van der Waals surface area (Å²) in [5.74, 6) is -0.734. The Kier molecular flexibility index (Phi) is 1.93. The third kappa shape index (κ3) is 1.14. The van der Waals surface area contributed by atoms with Gasteiger partial charge in [0.05, 0.1) is 5.69 Å². The van der Waals surface area contributed by atoms with E-state index in [0.29, 0.717) is 13.0 Å². The smallest absolute Gasteiger partial charge is 0.316 e. The van der Waals surface area contributed by atoms with Crippen LogP contribution in [0.25, 0.3) is 0 Å². The largest absolute Gasteiger partial charge is 0.481 e. The summed E-state index contributed by atoms with van der Waals surface area (Å²) in [5, 5.41) is 13.5. The summed E-state index contributed by atoms with van der Waals surface area (Å²) in [5.41, 5.74) is -0.0480. The van der Waals surface area contributed by atoms with Gasteiger partial charge in [-0.3, -0.25) is 9.48 Å². The van der Waals surface area contributed by atoms with Gasteiger partial charge >= 0.3 is 5.97 Å². The van der Waals surface area contributed by atoms with Crippen molar-refractivity contribution in [1.82, 2.24) is 9.78 Å². The first-order valence-corrected chi connectivity index (χ1v) is 5.21. The molecule has 1 aromatic heterocycles. The highest BCUT2D eigenvalue weighted by Crippen LogP contribution is 2.64. The summed E-state index contributed by atoms with van der Waals surface area (Å²) in [6.07, 6.45) is 2.37. The molecule has 0 radical (unpaired) electrons. The maximum atomic E-state index is 11.4. The zero-order valence-electron chi connectivity index (χ0n) is 9.32. The number of carbonyl (C=O) groups is 1. The van der Waals surface area contributed by atoms with Gasteiger partial charge in [-0.1, -0.05) is 13.8 Å². The molecule has 1 aliphatic rings. The lowest BCUT2D eigenvalue weighted by molar-refractivity contribution is -0.141. The van der Waals surface area contributed by atoms with Gasteiger partial charge in [0.1, 0.15) is 5.41 Å². The molecule has 0 aromatic carbocycles. The molecular weight excluding hydrogens is 192 g/mol. The van der Waals surface area contributed by atoms with E-state index in [0.717, 1.165) is 5.69 Å². The fourth-order valence-electron chi connectivity index (χ4n) is 2.48. The highest BCUT2D eigenvalue weighted by atomic mass is 16.4. The Balaban J connectivity index is 2.50. The van der Waals surface area contributed by atoms with E-state index in [9.17, 15) is 9.90 Å². The molecule has 1 heterocycles. The van der Waals surface area contributed by atoms with E-state index >= 15 is 0 Å². The summed E-state index contributed by atoms with van der Waals surface area (Å²) in [7, 11) is 0. The number of hydrogen-bond acceptors (Lipinski definition) is 2. The van der Waals surface area contributed by atoms with Crippen molar-refractivity contribution in [2.45, 2.75) is 39.2 Å². The van der Waals surface area contributed by atoms with E-state index in [1.54, 1.807) is 10.9 Å². The van der Waals surface area contributed by atoms with Crippen LogP contribution >= 0.6 is 0 Å². The van der Waals surface area contributed by atoms with Gasteiger partial charge < -0.3 is 5.11 Å². The summed E-state index contributed by atoms with van der Waals surface area (Å²) >= 11 is 0. The maximum absolute atomic E-state index is 11.4. The van der Waals surface area contributed by atoms with Crippen molar-refractivity contribution in [3.63, 3.8) is 0 Å². The van der Waals surface area contributed by atoms with Crippen LogP contribution in [0.4, 0.5) is 0 Å². The molecule has 0 amide bonds. The minimum absolute atomic E-state index is 0.161. The van der Waals surface area contributed by atoms with Crippen molar-refractivity contribution in [2.75, 3.05) is 0 Å². The number of nitrogens with zero attached hydrogens (tertiary/aromatic N) is 2. The van der Waals surface area contributed by atoms with Crippen molar-refractivity contribution in [3.8, 4) is 0 Å². The van der Waals surface area contributed by atoms with Crippen molar-refractivity contribution >= 4 is 5.97 Å². The molecule has 2 rings (SSSR count). The lowest BCUT2D eigenvalue weighted by Gasteiger charge is -2.16. The first kappa shape index (κ1) is 10.2. The molecule has 15 heavy (non-hydrogen) atoms. The second-order valence-corrected chi connectivity index (χ2v) is 4.80. The average molecular weight is 208 g/mol. The summed E-state index contributed by atoms with van der Waals surface area (Å²) in [4.78, 5) is 11.4. The van der Waals surface area contributed by atoms with Gasteiger partial charge in [-0.25, -0.2) is 0 Å². The van der Waals surface area contributed by atoms with Gasteiger partial charge in [-0.05, 0) is 24.8 Å². The Morgan fingerprint density at radius 1 is 1.67 bits per heavy atom. The van der Waals surface area contributed by atoms with Gasteiger partial charge in [0.2, 0.25) is 0 Å². The van der Waals surface area contributed by atoms with Crippen LogP contribution in [-0.2, 0) is 16.8 Å². The van der Waals surface area contributed by atoms with E-state index in [2.05, 4.69) is 5.10 Å². The topological polar surface area (TPSA) is 55.1 Å². The standard InChI is InChI=1S/C11H16N2O2/c1-4-13-8(5-6-12-13)11(9(14)15)7-10(11,2)3/h5-6H,4,7H2,1-3H3,(H,14,15). The molecule has 0 spiro atoms. The molecule has 1 aromatic rings. The molecule has 0 bridgehead atoms. The molecular formula is C11H16N2O2. The van der Waals surface area contributed by atoms with E-state index in [1.165, 1.54) is 0 Å². The normalized spacial score (nSPS) is 27.7. The van der Waals surface area contributed by atoms with Crippen molar-refractivity contribution < 1.29 is 9.90 Å². The van der Waals surface area contributed by atoms with Crippen LogP contribution in [0.15, 0.2) is 12.3 Å². The predicted octanol–water partition coefficient (Wildman–Crippen LogP) is 1.66. The molecule has 82 valence electrons. The molecule has 1 aliphatic carbocycles. The maximum Gasteiger partial charge on any atom is 0.316 e. The lowest BCUT2D eigenvalue weighted by Crippen LogP contribution is -2.28. The SMILES string of the molecule is CCn1nccc1C1(C(=O)O)CC1(C)C. The van der Waals surface area contributed by atoms with Crippen molar-refractivity contribution in [2.24, 2.45) is 5.41 Å². The van der Waals surface area contributed by atoms with Crippen LogP contribution in [-0.4, -0.2) is 20.9 Å². The Morgan fingerprint density at radius 2 is 2.27 bits per heavy atom. The minimum atomic E-state index is -0.734. The molecule has 4 nitrogen and oxygen atoms in total. The molecule has 1 fully saturated rings. The van der Waals surface area contributed by atoms with E-state index in [4.69, 9.17) is 0 Å². The molecule has 1 saturated carbocycles. The third-order valence-electron chi connectivity index (χ3n) is 3.56. The number of aromatic nitrogens is 2. The van der Waals surface area contributed by atoms with Gasteiger partial charge in [-0.2, -0.15) is 5.10 Å². The molecule has 1 N–H and O–H groups in total. The highest BCUT2D eigenvalue weighted by molar-refractivity contribution is 5.86. The zero-order chi connectivity index (χ0) is 11.3. The van der Waals surface area contributed by atoms with Gasteiger partial charge in [-0.15, -0.1) is 0 Å². The minimum Gasteiger partial charge on any atom is -0.481 e. The summed E-state index contributed by atoms with van der Waals surface area (Å²) < 4.78 is 1.78.